The number of nitrogens with zero attached hydrogens (tertiary/aromatic N) is 3. The van der Waals surface area contributed by atoms with Gasteiger partial charge in [0.2, 0.25) is 0 Å². The molecule has 1 saturated heterocycles. The van der Waals surface area contributed by atoms with Gasteiger partial charge in [0.05, 0.1) is 40.9 Å². The topological polar surface area (TPSA) is 66.5 Å². The van der Waals surface area contributed by atoms with Crippen molar-refractivity contribution in [2.45, 2.75) is 18.9 Å². The third-order valence-corrected chi connectivity index (χ3v) is 5.48. The van der Waals surface area contributed by atoms with E-state index in [1.54, 1.807) is 0 Å². The molecular weight excluding hydrogens is 402 g/mol. The minimum atomic E-state index is 0.353. The summed E-state index contributed by atoms with van der Waals surface area (Å²) < 4.78 is 1.01. The van der Waals surface area contributed by atoms with Crippen molar-refractivity contribution in [2.24, 2.45) is 0 Å². The molecule has 5 nitrogen and oxygen atoms in total. The van der Waals surface area contributed by atoms with Gasteiger partial charge in [-0.05, 0) is 43.1 Å². The summed E-state index contributed by atoms with van der Waals surface area (Å²) in [7, 11) is 0. The van der Waals surface area contributed by atoms with E-state index in [-0.39, 0.29) is 0 Å². The van der Waals surface area contributed by atoms with E-state index < -0.39 is 0 Å². The van der Waals surface area contributed by atoms with Crippen LogP contribution in [0.25, 0.3) is 33.5 Å². The van der Waals surface area contributed by atoms with Crippen LogP contribution >= 0.6 is 15.9 Å². The van der Waals surface area contributed by atoms with Crippen molar-refractivity contribution in [1.29, 1.82) is 0 Å². The Bertz CT molecular complexity index is 1100. The van der Waals surface area contributed by atoms with Crippen LogP contribution < -0.4 is 5.32 Å². The van der Waals surface area contributed by atoms with Gasteiger partial charge in [0.15, 0.2) is 0 Å². The number of H-pyrrole nitrogens is 1. The molecule has 2 N–H and O–H groups in total. The zero-order valence-corrected chi connectivity index (χ0v) is 16.2. The molecule has 0 saturated carbocycles. The van der Waals surface area contributed by atoms with E-state index in [0.717, 1.165) is 56.8 Å². The molecule has 0 spiro atoms. The van der Waals surface area contributed by atoms with E-state index >= 15 is 0 Å². The van der Waals surface area contributed by atoms with Crippen LogP contribution in [0.5, 0.6) is 0 Å². The maximum absolute atomic E-state index is 4.73. The number of fused-ring (bicyclic) bond motifs is 1. The number of rotatable bonds is 3. The number of aromatic nitrogens is 4. The van der Waals surface area contributed by atoms with Gasteiger partial charge in [-0.1, -0.05) is 40.2 Å². The number of hydrogen-bond acceptors (Lipinski definition) is 4. The first-order chi connectivity index (χ1) is 13.3. The molecule has 1 aliphatic heterocycles. The van der Waals surface area contributed by atoms with E-state index in [1.807, 2.05) is 30.6 Å². The first-order valence-electron chi connectivity index (χ1n) is 9.08. The number of aromatic amines is 1. The monoisotopic (exact) mass is 419 g/mol. The van der Waals surface area contributed by atoms with E-state index in [1.165, 1.54) is 6.42 Å². The van der Waals surface area contributed by atoms with Crippen LogP contribution in [-0.4, -0.2) is 26.5 Å². The van der Waals surface area contributed by atoms with Gasteiger partial charge in [0.1, 0.15) is 5.82 Å². The third-order valence-electron chi connectivity index (χ3n) is 4.98. The summed E-state index contributed by atoms with van der Waals surface area (Å²) in [4.78, 5) is 17.3. The van der Waals surface area contributed by atoms with Gasteiger partial charge in [-0.2, -0.15) is 0 Å². The lowest BCUT2D eigenvalue weighted by molar-refractivity contribution is 0.613. The Morgan fingerprint density at radius 2 is 1.78 bits per heavy atom. The molecule has 0 radical (unpaired) electrons. The lowest BCUT2D eigenvalue weighted by atomic mass is 10.1. The number of halogens is 1. The molecule has 6 heteroatoms. The molecule has 27 heavy (non-hydrogen) atoms. The summed E-state index contributed by atoms with van der Waals surface area (Å²) in [6, 6.07) is 14.7. The number of hydrogen-bond donors (Lipinski definition) is 2. The Kier molecular flexibility index (Phi) is 4.22. The molecule has 1 atom stereocenters. The highest BCUT2D eigenvalue weighted by atomic mass is 79.9. The highest BCUT2D eigenvalue weighted by molar-refractivity contribution is 9.10. The van der Waals surface area contributed by atoms with Crippen LogP contribution in [-0.2, 0) is 0 Å². The van der Waals surface area contributed by atoms with Gasteiger partial charge < -0.3 is 10.3 Å². The second kappa shape index (κ2) is 6.87. The Morgan fingerprint density at radius 1 is 0.926 bits per heavy atom. The van der Waals surface area contributed by atoms with Gasteiger partial charge in [0, 0.05) is 10.0 Å². The van der Waals surface area contributed by atoms with Crippen molar-refractivity contribution in [3.8, 4) is 22.5 Å². The SMILES string of the molecule is Brc1ccc2nc(-c3ccc(-c4cnc([C@@H]5CCCN5)[nH]4)cc3)cnc2c1. The Labute approximate surface area is 165 Å². The second-order valence-corrected chi connectivity index (χ2v) is 7.71. The van der Waals surface area contributed by atoms with Gasteiger partial charge in [-0.15, -0.1) is 0 Å². The van der Waals surface area contributed by atoms with Crippen molar-refractivity contribution >= 4 is 27.0 Å². The van der Waals surface area contributed by atoms with Gasteiger partial charge in [-0.3, -0.25) is 4.98 Å². The molecule has 0 amide bonds. The largest absolute Gasteiger partial charge is 0.341 e. The highest BCUT2D eigenvalue weighted by Gasteiger charge is 2.19. The van der Waals surface area contributed by atoms with Crippen LogP contribution in [0, 0.1) is 0 Å². The molecule has 4 aromatic rings. The van der Waals surface area contributed by atoms with Crippen molar-refractivity contribution in [3.05, 3.63) is 65.2 Å². The van der Waals surface area contributed by atoms with E-state index in [2.05, 4.69) is 60.5 Å². The Hall–Kier alpha value is -2.57. The average Bonchev–Trinajstić information content (AvgIpc) is 3.39. The molecule has 1 fully saturated rings. The summed E-state index contributed by atoms with van der Waals surface area (Å²) in [5.41, 5.74) is 5.86. The van der Waals surface area contributed by atoms with Gasteiger partial charge >= 0.3 is 0 Å². The molecule has 1 aliphatic rings. The normalized spacial score (nSPS) is 16.9. The number of imidazole rings is 1. The summed E-state index contributed by atoms with van der Waals surface area (Å²) in [6.45, 7) is 1.07. The highest BCUT2D eigenvalue weighted by Crippen LogP contribution is 2.27. The lowest BCUT2D eigenvalue weighted by Gasteiger charge is -2.06. The van der Waals surface area contributed by atoms with Crippen LogP contribution in [0.1, 0.15) is 24.7 Å². The first-order valence-corrected chi connectivity index (χ1v) is 9.87. The number of nitrogens with one attached hydrogen (secondary N) is 2. The van der Waals surface area contributed by atoms with Gasteiger partial charge in [-0.25, -0.2) is 9.97 Å². The molecule has 2 aromatic heterocycles. The zero-order valence-electron chi connectivity index (χ0n) is 14.6. The van der Waals surface area contributed by atoms with E-state index in [4.69, 9.17) is 4.98 Å². The van der Waals surface area contributed by atoms with Crippen LogP contribution in [0.4, 0.5) is 0 Å². The summed E-state index contributed by atoms with van der Waals surface area (Å²) >= 11 is 3.47. The van der Waals surface area contributed by atoms with Crippen LogP contribution in [0.2, 0.25) is 0 Å². The van der Waals surface area contributed by atoms with Crippen molar-refractivity contribution in [3.63, 3.8) is 0 Å². The zero-order chi connectivity index (χ0) is 18.2. The predicted molar refractivity (Wildman–Crippen MR) is 110 cm³/mol. The average molecular weight is 420 g/mol. The fraction of sp³-hybridized carbons (Fsp3) is 0.190. The molecule has 3 heterocycles. The second-order valence-electron chi connectivity index (χ2n) is 6.80. The third kappa shape index (κ3) is 3.26. The van der Waals surface area contributed by atoms with Crippen molar-refractivity contribution in [1.82, 2.24) is 25.3 Å². The first kappa shape index (κ1) is 16.6. The van der Waals surface area contributed by atoms with Gasteiger partial charge in [0.25, 0.3) is 0 Å². The lowest BCUT2D eigenvalue weighted by Crippen LogP contribution is -2.14. The number of benzene rings is 2. The minimum absolute atomic E-state index is 0.353. The Morgan fingerprint density at radius 3 is 2.59 bits per heavy atom. The molecule has 0 unspecified atom stereocenters. The molecule has 0 aliphatic carbocycles. The minimum Gasteiger partial charge on any atom is -0.341 e. The molecule has 134 valence electrons. The fourth-order valence-electron chi connectivity index (χ4n) is 3.52. The Balaban J connectivity index is 1.42. The van der Waals surface area contributed by atoms with E-state index in [9.17, 15) is 0 Å². The molecule has 2 aromatic carbocycles. The van der Waals surface area contributed by atoms with Crippen LogP contribution in [0.3, 0.4) is 0 Å². The molecule has 5 rings (SSSR count). The summed E-state index contributed by atoms with van der Waals surface area (Å²) in [6.07, 6.45) is 6.09. The van der Waals surface area contributed by atoms with Crippen molar-refractivity contribution in [2.75, 3.05) is 6.54 Å². The summed E-state index contributed by atoms with van der Waals surface area (Å²) in [5.74, 6) is 1.03. The van der Waals surface area contributed by atoms with Crippen LogP contribution in [0.15, 0.2) is 59.3 Å². The fourth-order valence-corrected chi connectivity index (χ4v) is 3.87. The standard InChI is InChI=1S/C21H18BrN5/c22-15-7-8-16-18(10-15)24-11-19(26-16)13-3-5-14(6-4-13)20-12-25-21(27-20)17-2-1-9-23-17/h3-8,10-12,17,23H,1-2,9H2,(H,25,27)/t17-/m0/s1. The smallest absolute Gasteiger partial charge is 0.123 e. The predicted octanol–water partition coefficient (Wildman–Crippen LogP) is 4.87. The summed E-state index contributed by atoms with van der Waals surface area (Å²) in [5, 5.41) is 3.47. The molecule has 0 bridgehead atoms. The van der Waals surface area contributed by atoms with Crippen molar-refractivity contribution < 1.29 is 0 Å². The maximum Gasteiger partial charge on any atom is 0.123 e. The maximum atomic E-state index is 4.73. The molecular formula is C21H18BrN5. The quantitative estimate of drug-likeness (QED) is 0.496. The van der Waals surface area contributed by atoms with E-state index in [0.29, 0.717) is 6.04 Å².